The van der Waals surface area contributed by atoms with E-state index in [9.17, 15) is 13.2 Å². The molecule has 32 heavy (non-hydrogen) atoms. The summed E-state index contributed by atoms with van der Waals surface area (Å²) in [6.45, 7) is 4.32. The van der Waals surface area contributed by atoms with E-state index < -0.39 is 10.0 Å². The number of benzene rings is 2. The molecule has 170 valence electrons. The van der Waals surface area contributed by atoms with Crippen LogP contribution in [-0.2, 0) is 21.2 Å². The summed E-state index contributed by atoms with van der Waals surface area (Å²) in [6.07, 6.45) is 0.456. The van der Waals surface area contributed by atoms with Crippen LogP contribution in [-0.4, -0.2) is 43.0 Å². The molecule has 0 fully saturated rings. The molecule has 1 aromatic heterocycles. The van der Waals surface area contributed by atoms with Gasteiger partial charge in [0, 0.05) is 25.5 Å². The third-order valence-corrected chi connectivity index (χ3v) is 6.00. The molecule has 9 nitrogen and oxygen atoms in total. The lowest BCUT2D eigenvalue weighted by Crippen LogP contribution is -2.30. The second-order valence-corrected chi connectivity index (χ2v) is 8.83. The largest absolute Gasteiger partial charge is 0.494 e. The second-order valence-electron chi connectivity index (χ2n) is 7.27. The predicted octanol–water partition coefficient (Wildman–Crippen LogP) is 2.93. The van der Waals surface area contributed by atoms with Crippen LogP contribution in [0.5, 0.6) is 5.75 Å². The maximum Gasteiger partial charge on any atom is 0.238 e. The van der Waals surface area contributed by atoms with Crippen molar-refractivity contribution >= 4 is 15.9 Å². The fraction of sp³-hybridized carbons (Fsp3) is 0.318. The highest BCUT2D eigenvalue weighted by molar-refractivity contribution is 7.89. The normalized spacial score (nSPS) is 12.4. The first-order chi connectivity index (χ1) is 15.2. The van der Waals surface area contributed by atoms with Gasteiger partial charge in [-0.15, -0.1) is 0 Å². The van der Waals surface area contributed by atoms with Gasteiger partial charge in [0.2, 0.25) is 27.6 Å². The van der Waals surface area contributed by atoms with Crippen LogP contribution in [0.25, 0.3) is 11.4 Å². The molecule has 0 saturated carbocycles. The molecule has 3 rings (SSSR count). The van der Waals surface area contributed by atoms with Gasteiger partial charge >= 0.3 is 0 Å². The van der Waals surface area contributed by atoms with Crippen molar-refractivity contribution in [3.8, 4) is 17.1 Å². The summed E-state index contributed by atoms with van der Waals surface area (Å²) in [5.74, 6) is 1.42. The van der Waals surface area contributed by atoms with Crippen LogP contribution in [0.4, 0.5) is 0 Å². The van der Waals surface area contributed by atoms with Gasteiger partial charge in [0.15, 0.2) is 0 Å². The summed E-state index contributed by atoms with van der Waals surface area (Å²) in [4.78, 5) is 18.6. The van der Waals surface area contributed by atoms with E-state index in [-0.39, 0.29) is 29.7 Å². The highest BCUT2D eigenvalue weighted by Crippen LogP contribution is 2.23. The van der Waals surface area contributed by atoms with Crippen LogP contribution < -0.4 is 9.88 Å². The molecule has 0 saturated heterocycles. The standard InChI is InChI=1S/C22H26N4O5S/c1-4-30-18-10-8-16(9-11-18)22-24-20(31-25-22)12-13-21(27)26(3)15(2)17-6-5-7-19(14-17)32(23,28)29/h5-11,14-15H,4,12-13H2,1-3H3,(H2,23,28,29). The Morgan fingerprint density at radius 3 is 2.59 bits per heavy atom. The number of sulfonamides is 1. The van der Waals surface area contributed by atoms with E-state index in [1.165, 1.54) is 12.1 Å². The molecule has 1 amide bonds. The lowest BCUT2D eigenvalue weighted by Gasteiger charge is -2.25. The number of nitrogens with two attached hydrogens (primary N) is 1. The number of primary sulfonamides is 1. The van der Waals surface area contributed by atoms with Gasteiger partial charge in [-0.05, 0) is 55.8 Å². The van der Waals surface area contributed by atoms with Crippen molar-refractivity contribution in [2.24, 2.45) is 5.14 Å². The quantitative estimate of drug-likeness (QED) is 0.522. The molecule has 0 spiro atoms. The first kappa shape index (κ1) is 23.4. The minimum Gasteiger partial charge on any atom is -0.494 e. The zero-order valence-electron chi connectivity index (χ0n) is 18.2. The Labute approximate surface area is 187 Å². The van der Waals surface area contributed by atoms with Crippen LogP contribution in [0.15, 0.2) is 57.9 Å². The van der Waals surface area contributed by atoms with Crippen LogP contribution in [0.3, 0.4) is 0 Å². The molecule has 0 aliphatic rings. The van der Waals surface area contributed by atoms with Crippen LogP contribution in [0.1, 0.15) is 37.8 Å². The SMILES string of the molecule is CCOc1ccc(-c2noc(CCC(=O)N(C)C(C)c3cccc(S(N)(=O)=O)c3)n2)cc1. The Hall–Kier alpha value is -3.24. The van der Waals surface area contributed by atoms with E-state index in [4.69, 9.17) is 14.4 Å². The molecule has 2 aromatic carbocycles. The number of rotatable bonds is 9. The van der Waals surface area contributed by atoms with E-state index in [2.05, 4.69) is 10.1 Å². The van der Waals surface area contributed by atoms with Crippen LogP contribution in [0.2, 0.25) is 0 Å². The minimum atomic E-state index is -3.82. The summed E-state index contributed by atoms with van der Waals surface area (Å²) in [5, 5.41) is 9.18. The Balaban J connectivity index is 1.61. The molecule has 0 aliphatic heterocycles. The van der Waals surface area contributed by atoms with Gasteiger partial charge in [-0.2, -0.15) is 4.98 Å². The summed E-state index contributed by atoms with van der Waals surface area (Å²) < 4.78 is 33.9. The third-order valence-electron chi connectivity index (χ3n) is 5.09. The lowest BCUT2D eigenvalue weighted by molar-refractivity contribution is -0.131. The van der Waals surface area contributed by atoms with E-state index >= 15 is 0 Å². The monoisotopic (exact) mass is 458 g/mol. The van der Waals surface area contributed by atoms with Gasteiger partial charge in [0.05, 0.1) is 17.5 Å². The van der Waals surface area contributed by atoms with E-state index in [0.717, 1.165) is 11.3 Å². The second kappa shape index (κ2) is 9.92. The Morgan fingerprint density at radius 1 is 1.22 bits per heavy atom. The molecular weight excluding hydrogens is 432 g/mol. The Kier molecular flexibility index (Phi) is 7.26. The number of nitrogens with zero attached hydrogens (tertiary/aromatic N) is 3. The van der Waals surface area contributed by atoms with Crippen molar-refractivity contribution in [1.29, 1.82) is 0 Å². The summed E-state index contributed by atoms with van der Waals surface area (Å²) in [5.41, 5.74) is 1.46. The molecule has 10 heteroatoms. The zero-order chi connectivity index (χ0) is 23.3. The predicted molar refractivity (Wildman–Crippen MR) is 118 cm³/mol. The first-order valence-corrected chi connectivity index (χ1v) is 11.7. The first-order valence-electron chi connectivity index (χ1n) is 10.1. The smallest absolute Gasteiger partial charge is 0.238 e. The summed E-state index contributed by atoms with van der Waals surface area (Å²) in [7, 11) is -2.15. The van der Waals surface area contributed by atoms with Gasteiger partial charge in [0.25, 0.3) is 0 Å². The van der Waals surface area contributed by atoms with Crippen molar-refractivity contribution in [3.05, 3.63) is 60.0 Å². The average Bonchev–Trinajstić information content (AvgIpc) is 3.26. The Morgan fingerprint density at radius 2 is 1.94 bits per heavy atom. The number of aryl methyl sites for hydroxylation is 1. The Bertz CT molecular complexity index is 1180. The fourth-order valence-corrected chi connectivity index (χ4v) is 3.69. The average molecular weight is 459 g/mol. The number of hydrogen-bond donors (Lipinski definition) is 1. The number of hydrogen-bond acceptors (Lipinski definition) is 7. The van der Waals surface area contributed by atoms with Crippen molar-refractivity contribution in [3.63, 3.8) is 0 Å². The van der Waals surface area contributed by atoms with E-state index in [1.54, 1.807) is 24.1 Å². The van der Waals surface area contributed by atoms with Gasteiger partial charge in [-0.25, -0.2) is 13.6 Å². The topological polar surface area (TPSA) is 129 Å². The van der Waals surface area contributed by atoms with Crippen LogP contribution >= 0.6 is 0 Å². The number of amides is 1. The van der Waals surface area contributed by atoms with Gasteiger partial charge in [-0.1, -0.05) is 17.3 Å². The molecule has 3 aromatic rings. The number of ether oxygens (including phenoxy) is 1. The fourth-order valence-electron chi connectivity index (χ4n) is 3.12. The summed E-state index contributed by atoms with van der Waals surface area (Å²) >= 11 is 0. The van der Waals surface area contributed by atoms with E-state index in [0.29, 0.717) is 23.9 Å². The van der Waals surface area contributed by atoms with Gasteiger partial charge in [-0.3, -0.25) is 4.79 Å². The maximum atomic E-state index is 12.7. The van der Waals surface area contributed by atoms with E-state index in [1.807, 2.05) is 38.1 Å². The molecule has 1 atom stereocenters. The van der Waals surface area contributed by atoms with Crippen molar-refractivity contribution in [2.75, 3.05) is 13.7 Å². The number of carbonyl (C=O) groups is 1. The molecule has 2 N–H and O–H groups in total. The molecule has 0 bridgehead atoms. The molecular formula is C22H26N4O5S. The van der Waals surface area contributed by atoms with Crippen molar-refractivity contribution in [2.45, 2.75) is 37.6 Å². The third kappa shape index (κ3) is 5.71. The maximum absolute atomic E-state index is 12.7. The van der Waals surface area contributed by atoms with Crippen molar-refractivity contribution in [1.82, 2.24) is 15.0 Å². The molecule has 0 aliphatic carbocycles. The molecule has 0 radical (unpaired) electrons. The zero-order valence-corrected chi connectivity index (χ0v) is 19.0. The van der Waals surface area contributed by atoms with Crippen molar-refractivity contribution < 1.29 is 22.5 Å². The highest BCUT2D eigenvalue weighted by atomic mass is 32.2. The molecule has 1 unspecified atom stereocenters. The molecule has 1 heterocycles. The van der Waals surface area contributed by atoms with Crippen LogP contribution in [0, 0.1) is 0 Å². The number of carbonyl (C=O) groups excluding carboxylic acids is 1. The lowest BCUT2D eigenvalue weighted by atomic mass is 10.1. The number of aromatic nitrogens is 2. The summed E-state index contributed by atoms with van der Waals surface area (Å²) in [6, 6.07) is 13.3. The minimum absolute atomic E-state index is 0.00961. The van der Waals surface area contributed by atoms with Gasteiger partial charge < -0.3 is 14.2 Å². The highest BCUT2D eigenvalue weighted by Gasteiger charge is 2.20. The van der Waals surface area contributed by atoms with Gasteiger partial charge in [0.1, 0.15) is 5.75 Å².